The molecule has 3 nitrogen and oxygen atoms in total. The van der Waals surface area contributed by atoms with Crippen molar-refractivity contribution in [3.63, 3.8) is 0 Å². The first-order valence-electron chi connectivity index (χ1n) is 6.48. The average molecular weight is 284 g/mol. The van der Waals surface area contributed by atoms with Crippen molar-refractivity contribution in [2.45, 2.75) is 13.5 Å². The zero-order valence-corrected chi connectivity index (χ0v) is 12.3. The fourth-order valence-electron chi connectivity index (χ4n) is 1.99. The molecule has 0 atom stereocenters. The van der Waals surface area contributed by atoms with Crippen molar-refractivity contribution >= 4 is 26.7 Å². The Balaban J connectivity index is 1.75. The predicted octanol–water partition coefficient (Wildman–Crippen LogP) is 4.23. The molecule has 3 rings (SSSR count). The Morgan fingerprint density at radius 1 is 1.15 bits per heavy atom. The van der Waals surface area contributed by atoms with Crippen LogP contribution in [0.5, 0.6) is 5.75 Å². The van der Waals surface area contributed by atoms with Gasteiger partial charge in [0, 0.05) is 6.54 Å². The SMILES string of the molecule is COc1ccc2nc(NCc3ccc(C)cc3)sc2c1. The highest BCUT2D eigenvalue weighted by atomic mass is 32.1. The van der Waals surface area contributed by atoms with Crippen LogP contribution in [0.2, 0.25) is 0 Å². The summed E-state index contributed by atoms with van der Waals surface area (Å²) in [6, 6.07) is 14.5. The Morgan fingerprint density at radius 3 is 2.70 bits per heavy atom. The molecule has 0 spiro atoms. The molecule has 102 valence electrons. The van der Waals surface area contributed by atoms with Crippen LogP contribution < -0.4 is 10.1 Å². The summed E-state index contributed by atoms with van der Waals surface area (Å²) >= 11 is 1.65. The van der Waals surface area contributed by atoms with Crippen LogP contribution in [0.3, 0.4) is 0 Å². The van der Waals surface area contributed by atoms with Crippen LogP contribution in [0.25, 0.3) is 10.2 Å². The second-order valence-electron chi connectivity index (χ2n) is 4.69. The monoisotopic (exact) mass is 284 g/mol. The van der Waals surface area contributed by atoms with E-state index in [2.05, 4.69) is 41.5 Å². The molecular weight excluding hydrogens is 268 g/mol. The van der Waals surface area contributed by atoms with E-state index >= 15 is 0 Å². The molecule has 1 N–H and O–H groups in total. The smallest absolute Gasteiger partial charge is 0.184 e. The van der Waals surface area contributed by atoms with Gasteiger partial charge in [0.15, 0.2) is 5.13 Å². The zero-order valence-electron chi connectivity index (χ0n) is 11.5. The minimum absolute atomic E-state index is 0.789. The fraction of sp³-hybridized carbons (Fsp3) is 0.188. The van der Waals surface area contributed by atoms with Crippen LogP contribution in [-0.2, 0) is 6.54 Å². The first-order valence-corrected chi connectivity index (χ1v) is 7.30. The molecule has 0 bridgehead atoms. The zero-order chi connectivity index (χ0) is 13.9. The third kappa shape index (κ3) is 2.75. The van der Waals surface area contributed by atoms with E-state index in [0.29, 0.717) is 0 Å². The molecule has 0 radical (unpaired) electrons. The topological polar surface area (TPSA) is 34.1 Å². The molecule has 0 saturated carbocycles. The maximum atomic E-state index is 5.23. The van der Waals surface area contributed by atoms with Gasteiger partial charge in [-0.2, -0.15) is 0 Å². The lowest BCUT2D eigenvalue weighted by Crippen LogP contribution is -1.98. The number of thiazole rings is 1. The molecule has 1 aromatic heterocycles. The number of nitrogens with zero attached hydrogens (tertiary/aromatic N) is 1. The standard InChI is InChI=1S/C16H16N2OS/c1-11-3-5-12(6-4-11)10-17-16-18-14-8-7-13(19-2)9-15(14)20-16/h3-9H,10H2,1-2H3,(H,17,18). The first-order chi connectivity index (χ1) is 9.74. The third-order valence-electron chi connectivity index (χ3n) is 3.16. The minimum Gasteiger partial charge on any atom is -0.497 e. The number of nitrogens with one attached hydrogen (secondary N) is 1. The fourth-order valence-corrected chi connectivity index (χ4v) is 2.88. The first kappa shape index (κ1) is 12.9. The van der Waals surface area contributed by atoms with Crippen molar-refractivity contribution in [2.24, 2.45) is 0 Å². The minimum atomic E-state index is 0.789. The van der Waals surface area contributed by atoms with Gasteiger partial charge in [-0.3, -0.25) is 0 Å². The van der Waals surface area contributed by atoms with E-state index < -0.39 is 0 Å². The van der Waals surface area contributed by atoms with Gasteiger partial charge < -0.3 is 10.1 Å². The van der Waals surface area contributed by atoms with Crippen molar-refractivity contribution in [1.82, 2.24) is 4.98 Å². The number of rotatable bonds is 4. The summed E-state index contributed by atoms with van der Waals surface area (Å²) in [6.07, 6.45) is 0. The number of aromatic nitrogens is 1. The second kappa shape index (κ2) is 5.51. The van der Waals surface area contributed by atoms with E-state index in [9.17, 15) is 0 Å². The molecule has 2 aromatic carbocycles. The summed E-state index contributed by atoms with van der Waals surface area (Å²) in [5.74, 6) is 0.867. The molecule has 0 amide bonds. The van der Waals surface area contributed by atoms with E-state index in [1.165, 1.54) is 11.1 Å². The summed E-state index contributed by atoms with van der Waals surface area (Å²) in [4.78, 5) is 4.57. The largest absolute Gasteiger partial charge is 0.497 e. The Hall–Kier alpha value is -2.07. The predicted molar refractivity (Wildman–Crippen MR) is 84.7 cm³/mol. The Bertz CT molecular complexity index is 719. The van der Waals surface area contributed by atoms with E-state index in [0.717, 1.165) is 27.6 Å². The van der Waals surface area contributed by atoms with Gasteiger partial charge in [0.05, 0.1) is 17.3 Å². The molecule has 4 heteroatoms. The number of methoxy groups -OCH3 is 1. The van der Waals surface area contributed by atoms with Gasteiger partial charge >= 0.3 is 0 Å². The van der Waals surface area contributed by atoms with Gasteiger partial charge in [0.1, 0.15) is 5.75 Å². The summed E-state index contributed by atoms with van der Waals surface area (Å²) in [5, 5.41) is 4.31. The van der Waals surface area contributed by atoms with Gasteiger partial charge in [0.2, 0.25) is 0 Å². The molecule has 0 fully saturated rings. The van der Waals surface area contributed by atoms with E-state index in [1.54, 1.807) is 18.4 Å². The average Bonchev–Trinajstić information content (AvgIpc) is 2.88. The normalized spacial score (nSPS) is 10.7. The lowest BCUT2D eigenvalue weighted by atomic mass is 10.1. The maximum Gasteiger partial charge on any atom is 0.184 e. The van der Waals surface area contributed by atoms with Gasteiger partial charge in [-0.1, -0.05) is 41.2 Å². The van der Waals surface area contributed by atoms with Gasteiger partial charge in [-0.15, -0.1) is 0 Å². The molecule has 0 aliphatic heterocycles. The molecule has 0 aliphatic rings. The third-order valence-corrected chi connectivity index (χ3v) is 4.14. The van der Waals surface area contributed by atoms with Crippen molar-refractivity contribution in [2.75, 3.05) is 12.4 Å². The molecular formula is C16H16N2OS. The number of hydrogen-bond donors (Lipinski definition) is 1. The highest BCUT2D eigenvalue weighted by Gasteiger charge is 2.04. The molecule has 1 heterocycles. The number of hydrogen-bond acceptors (Lipinski definition) is 4. The number of aryl methyl sites for hydroxylation is 1. The lowest BCUT2D eigenvalue weighted by molar-refractivity contribution is 0.415. The Labute approximate surface area is 122 Å². The van der Waals surface area contributed by atoms with E-state index in [1.807, 2.05) is 18.2 Å². The van der Waals surface area contributed by atoms with E-state index in [-0.39, 0.29) is 0 Å². The summed E-state index contributed by atoms with van der Waals surface area (Å²) in [6.45, 7) is 2.88. The molecule has 3 aromatic rings. The van der Waals surface area contributed by atoms with Crippen molar-refractivity contribution in [1.29, 1.82) is 0 Å². The van der Waals surface area contributed by atoms with E-state index in [4.69, 9.17) is 4.74 Å². The van der Waals surface area contributed by atoms with Crippen LogP contribution in [0.15, 0.2) is 42.5 Å². The van der Waals surface area contributed by atoms with Crippen molar-refractivity contribution < 1.29 is 4.74 Å². The summed E-state index contributed by atoms with van der Waals surface area (Å²) in [7, 11) is 1.68. The summed E-state index contributed by atoms with van der Waals surface area (Å²) < 4.78 is 6.37. The second-order valence-corrected chi connectivity index (χ2v) is 5.72. The van der Waals surface area contributed by atoms with Crippen LogP contribution in [0, 0.1) is 6.92 Å². The molecule has 20 heavy (non-hydrogen) atoms. The molecule has 0 unspecified atom stereocenters. The summed E-state index contributed by atoms with van der Waals surface area (Å²) in [5.41, 5.74) is 3.54. The highest BCUT2D eigenvalue weighted by Crippen LogP contribution is 2.29. The quantitative estimate of drug-likeness (QED) is 0.778. The number of benzene rings is 2. The molecule has 0 aliphatic carbocycles. The van der Waals surface area contributed by atoms with Crippen LogP contribution >= 0.6 is 11.3 Å². The van der Waals surface area contributed by atoms with Crippen LogP contribution in [0.4, 0.5) is 5.13 Å². The number of fused-ring (bicyclic) bond motifs is 1. The van der Waals surface area contributed by atoms with Crippen molar-refractivity contribution in [3.05, 3.63) is 53.6 Å². The maximum absolute atomic E-state index is 5.23. The number of ether oxygens (including phenoxy) is 1. The highest BCUT2D eigenvalue weighted by molar-refractivity contribution is 7.22. The Kier molecular flexibility index (Phi) is 3.56. The van der Waals surface area contributed by atoms with Gasteiger partial charge in [0.25, 0.3) is 0 Å². The van der Waals surface area contributed by atoms with Gasteiger partial charge in [-0.05, 0) is 30.7 Å². The lowest BCUT2D eigenvalue weighted by Gasteiger charge is -2.02. The van der Waals surface area contributed by atoms with Crippen LogP contribution in [-0.4, -0.2) is 12.1 Å². The van der Waals surface area contributed by atoms with Gasteiger partial charge in [-0.25, -0.2) is 4.98 Å². The Morgan fingerprint density at radius 2 is 1.95 bits per heavy atom. The molecule has 0 saturated heterocycles. The van der Waals surface area contributed by atoms with Crippen LogP contribution in [0.1, 0.15) is 11.1 Å². The number of anilines is 1. The van der Waals surface area contributed by atoms with Crippen molar-refractivity contribution in [3.8, 4) is 5.75 Å².